The van der Waals surface area contributed by atoms with Gasteiger partial charge in [0.2, 0.25) is 0 Å². The molecule has 4 aromatic rings. The van der Waals surface area contributed by atoms with E-state index in [9.17, 15) is 25.2 Å². The summed E-state index contributed by atoms with van der Waals surface area (Å²) in [4.78, 5) is 12.8. The third-order valence-electron chi connectivity index (χ3n) is 5.28. The number of ether oxygens (including phenoxy) is 2. The highest BCUT2D eigenvalue weighted by Gasteiger charge is 2.29. The van der Waals surface area contributed by atoms with E-state index in [-0.39, 0.29) is 46.3 Å². The van der Waals surface area contributed by atoms with Crippen LogP contribution in [-0.4, -0.2) is 33.5 Å². The van der Waals surface area contributed by atoms with E-state index in [0.717, 1.165) is 5.56 Å². The Balaban J connectivity index is 1.90. The fraction of sp³-hybridized carbons (Fsp3) is 0.0741. The van der Waals surface area contributed by atoms with Crippen molar-refractivity contribution in [2.75, 3.05) is 7.11 Å². The van der Waals surface area contributed by atoms with Crippen molar-refractivity contribution in [3.05, 3.63) is 84.4 Å². The zero-order valence-electron chi connectivity index (χ0n) is 18.2. The van der Waals surface area contributed by atoms with Crippen molar-refractivity contribution in [3.8, 4) is 56.8 Å². The van der Waals surface area contributed by atoms with Crippen molar-refractivity contribution >= 4 is 5.97 Å². The third kappa shape index (κ3) is 4.45. The maximum Gasteiger partial charge on any atom is 0.315 e. The van der Waals surface area contributed by atoms with Gasteiger partial charge in [0.15, 0.2) is 23.0 Å². The average Bonchev–Trinajstić information content (AvgIpc) is 2.83. The molecule has 0 amide bonds. The number of methoxy groups -OCH3 is 1. The molecule has 4 aromatic carbocycles. The first kappa shape index (κ1) is 22.5. The number of aromatic hydroxyl groups is 4. The van der Waals surface area contributed by atoms with Crippen LogP contribution >= 0.6 is 0 Å². The molecule has 7 heteroatoms. The fourth-order valence-corrected chi connectivity index (χ4v) is 3.68. The maximum atomic E-state index is 12.8. The Bertz CT molecular complexity index is 1310. The van der Waals surface area contributed by atoms with Crippen LogP contribution in [0.3, 0.4) is 0 Å². The lowest BCUT2D eigenvalue weighted by Crippen LogP contribution is -2.12. The number of rotatable bonds is 6. The second-order valence-corrected chi connectivity index (χ2v) is 7.54. The molecule has 0 atom stereocenters. The highest BCUT2D eigenvalue weighted by molar-refractivity contribution is 5.94. The van der Waals surface area contributed by atoms with E-state index in [1.807, 2.05) is 6.07 Å². The summed E-state index contributed by atoms with van der Waals surface area (Å²) in [6.07, 6.45) is -0.0589. The van der Waals surface area contributed by atoms with Gasteiger partial charge in [0.1, 0.15) is 11.5 Å². The molecule has 0 aliphatic heterocycles. The van der Waals surface area contributed by atoms with Gasteiger partial charge < -0.3 is 29.9 Å². The van der Waals surface area contributed by atoms with Gasteiger partial charge in [-0.25, -0.2) is 0 Å². The molecule has 172 valence electrons. The minimum Gasteiger partial charge on any atom is -0.508 e. The van der Waals surface area contributed by atoms with Crippen molar-refractivity contribution < 1.29 is 34.7 Å². The molecule has 0 unspecified atom stereocenters. The second-order valence-electron chi connectivity index (χ2n) is 7.54. The smallest absolute Gasteiger partial charge is 0.315 e. The molecule has 0 aliphatic rings. The number of benzene rings is 4. The van der Waals surface area contributed by atoms with E-state index < -0.39 is 11.7 Å². The standard InChI is InChI=1S/C27H22O7/c1-33-26-22(17-7-11-19(28)12-8-17)25(32)27(34-21(30)15-16-5-3-2-4-6-16)23(24(26)31)18-9-13-20(29)14-10-18/h2-14,28-29,31-32H,15H2,1H3. The van der Waals surface area contributed by atoms with Crippen LogP contribution in [0.2, 0.25) is 0 Å². The Morgan fingerprint density at radius 2 is 1.15 bits per heavy atom. The van der Waals surface area contributed by atoms with Crippen LogP contribution in [0.1, 0.15) is 5.56 Å². The van der Waals surface area contributed by atoms with E-state index in [1.54, 1.807) is 24.3 Å². The lowest BCUT2D eigenvalue weighted by atomic mass is 9.95. The van der Waals surface area contributed by atoms with E-state index >= 15 is 0 Å². The van der Waals surface area contributed by atoms with Gasteiger partial charge in [0.05, 0.1) is 24.7 Å². The number of phenolic OH excluding ortho intramolecular Hbond substituents is 4. The number of carbonyl (C=O) groups excluding carboxylic acids is 1. The Morgan fingerprint density at radius 3 is 1.65 bits per heavy atom. The van der Waals surface area contributed by atoms with Gasteiger partial charge >= 0.3 is 5.97 Å². The predicted octanol–water partition coefficient (Wildman–Crippen LogP) is 5.00. The van der Waals surface area contributed by atoms with E-state index in [1.165, 1.54) is 55.6 Å². The molecule has 0 saturated carbocycles. The molecule has 0 radical (unpaired) electrons. The largest absolute Gasteiger partial charge is 0.508 e. The van der Waals surface area contributed by atoms with Gasteiger partial charge in [-0.2, -0.15) is 0 Å². The van der Waals surface area contributed by atoms with Crippen LogP contribution in [0, 0.1) is 0 Å². The number of carbonyl (C=O) groups is 1. The molecule has 0 saturated heterocycles. The van der Waals surface area contributed by atoms with Crippen LogP contribution in [0.4, 0.5) is 0 Å². The van der Waals surface area contributed by atoms with Crippen LogP contribution in [0.25, 0.3) is 22.3 Å². The van der Waals surface area contributed by atoms with Crippen LogP contribution in [-0.2, 0) is 11.2 Å². The van der Waals surface area contributed by atoms with Gasteiger partial charge in [-0.3, -0.25) is 4.79 Å². The summed E-state index contributed by atoms with van der Waals surface area (Å²) in [5, 5.41) is 41.8. The first-order chi connectivity index (χ1) is 16.4. The fourth-order valence-electron chi connectivity index (χ4n) is 3.68. The number of esters is 1. The molecule has 7 nitrogen and oxygen atoms in total. The molecule has 0 fully saturated rings. The minimum absolute atomic E-state index is 0.00256. The SMILES string of the molecule is COc1c(O)c(-c2ccc(O)cc2)c(OC(=O)Cc2ccccc2)c(O)c1-c1ccc(O)cc1. The van der Waals surface area contributed by atoms with Gasteiger partial charge in [0.25, 0.3) is 0 Å². The van der Waals surface area contributed by atoms with Gasteiger partial charge in [-0.15, -0.1) is 0 Å². The summed E-state index contributed by atoms with van der Waals surface area (Å²) in [5.41, 5.74) is 1.63. The van der Waals surface area contributed by atoms with Crippen molar-refractivity contribution in [1.82, 2.24) is 0 Å². The molecular formula is C27H22O7. The van der Waals surface area contributed by atoms with Crippen molar-refractivity contribution in [2.24, 2.45) is 0 Å². The first-order valence-corrected chi connectivity index (χ1v) is 10.4. The van der Waals surface area contributed by atoms with E-state index in [0.29, 0.717) is 11.1 Å². The molecule has 0 aliphatic carbocycles. The molecule has 4 N–H and O–H groups in total. The topological polar surface area (TPSA) is 116 Å². The number of hydrogen-bond acceptors (Lipinski definition) is 7. The van der Waals surface area contributed by atoms with Gasteiger partial charge in [-0.1, -0.05) is 54.6 Å². The molecule has 0 spiro atoms. The minimum atomic E-state index is -0.650. The molecule has 4 rings (SSSR count). The van der Waals surface area contributed by atoms with E-state index in [2.05, 4.69) is 0 Å². The normalized spacial score (nSPS) is 10.6. The summed E-state index contributed by atoms with van der Waals surface area (Å²) in [7, 11) is 1.33. The molecular weight excluding hydrogens is 436 g/mol. The highest BCUT2D eigenvalue weighted by atomic mass is 16.5. The average molecular weight is 458 g/mol. The Labute approximate surface area is 195 Å². The lowest BCUT2D eigenvalue weighted by molar-refractivity contribution is -0.133. The van der Waals surface area contributed by atoms with Gasteiger partial charge in [0, 0.05) is 0 Å². The number of phenols is 4. The Morgan fingerprint density at radius 1 is 0.676 bits per heavy atom. The second kappa shape index (κ2) is 9.46. The summed E-state index contributed by atoms with van der Waals surface area (Å²) in [5.74, 6) is -1.73. The van der Waals surface area contributed by atoms with Crippen LogP contribution < -0.4 is 9.47 Å². The number of hydrogen-bond donors (Lipinski definition) is 4. The highest BCUT2D eigenvalue weighted by Crippen LogP contribution is 2.56. The summed E-state index contributed by atoms with van der Waals surface area (Å²) >= 11 is 0. The molecule has 34 heavy (non-hydrogen) atoms. The Kier molecular flexibility index (Phi) is 6.27. The van der Waals surface area contributed by atoms with Crippen molar-refractivity contribution in [3.63, 3.8) is 0 Å². The Hall–Kier alpha value is -4.65. The van der Waals surface area contributed by atoms with E-state index in [4.69, 9.17) is 9.47 Å². The predicted molar refractivity (Wildman–Crippen MR) is 126 cm³/mol. The first-order valence-electron chi connectivity index (χ1n) is 10.4. The zero-order valence-corrected chi connectivity index (χ0v) is 18.2. The monoisotopic (exact) mass is 458 g/mol. The molecule has 0 aromatic heterocycles. The maximum absolute atomic E-state index is 12.8. The van der Waals surface area contributed by atoms with Crippen molar-refractivity contribution in [2.45, 2.75) is 6.42 Å². The quantitative estimate of drug-likeness (QED) is 0.183. The summed E-state index contributed by atoms with van der Waals surface area (Å²) in [6.45, 7) is 0. The molecule has 0 heterocycles. The summed E-state index contributed by atoms with van der Waals surface area (Å²) < 4.78 is 11.0. The van der Waals surface area contributed by atoms with Crippen LogP contribution in [0.5, 0.6) is 34.5 Å². The van der Waals surface area contributed by atoms with Crippen molar-refractivity contribution in [1.29, 1.82) is 0 Å². The molecule has 0 bridgehead atoms. The zero-order chi connectivity index (χ0) is 24.2. The third-order valence-corrected chi connectivity index (χ3v) is 5.28. The van der Waals surface area contributed by atoms with Gasteiger partial charge in [-0.05, 0) is 41.0 Å². The lowest BCUT2D eigenvalue weighted by Gasteiger charge is -2.20. The van der Waals surface area contributed by atoms with Crippen LogP contribution in [0.15, 0.2) is 78.9 Å². The summed E-state index contributed by atoms with van der Waals surface area (Å²) in [6, 6.07) is 20.7.